The van der Waals surface area contributed by atoms with Crippen molar-refractivity contribution in [1.29, 1.82) is 0 Å². The van der Waals surface area contributed by atoms with Gasteiger partial charge in [0, 0.05) is 18.3 Å². The van der Waals surface area contributed by atoms with Crippen LogP contribution in [0, 0.1) is 0 Å². The van der Waals surface area contributed by atoms with E-state index in [1.165, 1.54) is 5.56 Å². The highest BCUT2D eigenvalue weighted by Crippen LogP contribution is 2.32. The van der Waals surface area contributed by atoms with E-state index in [1.807, 2.05) is 54.6 Å². The summed E-state index contributed by atoms with van der Waals surface area (Å²) in [4.78, 5) is 25.9. The molecule has 0 heterocycles. The number of hydrogen-bond acceptors (Lipinski definition) is 4. The highest BCUT2D eigenvalue weighted by atomic mass is 35.5. The van der Waals surface area contributed by atoms with Crippen LogP contribution >= 0.6 is 23.2 Å². The maximum absolute atomic E-state index is 14.0. The lowest BCUT2D eigenvalue weighted by molar-refractivity contribution is -0.137. The minimum atomic E-state index is -1.03. The van der Waals surface area contributed by atoms with Gasteiger partial charge in [0.2, 0.25) is 0 Å². The number of halogens is 2. The van der Waals surface area contributed by atoms with E-state index in [0.29, 0.717) is 44.9 Å². The van der Waals surface area contributed by atoms with Crippen LogP contribution in [0.4, 0.5) is 5.69 Å². The molecule has 47 heavy (non-hydrogen) atoms. The van der Waals surface area contributed by atoms with E-state index in [1.54, 1.807) is 36.4 Å². The van der Waals surface area contributed by atoms with Gasteiger partial charge in [-0.2, -0.15) is 0 Å². The normalized spacial score (nSPS) is 11.9. The Morgan fingerprint density at radius 1 is 0.766 bits per heavy atom. The second-order valence-electron chi connectivity index (χ2n) is 12.3. The zero-order valence-corrected chi connectivity index (χ0v) is 27.9. The quantitative estimate of drug-likeness (QED) is 0.131. The molecule has 5 rings (SSSR count). The van der Waals surface area contributed by atoms with Crippen LogP contribution in [0.25, 0.3) is 11.1 Å². The van der Waals surface area contributed by atoms with E-state index in [0.717, 1.165) is 16.7 Å². The summed E-state index contributed by atoms with van der Waals surface area (Å²) in [6.07, 6.45) is -0.293. The molecule has 0 bridgehead atoms. The van der Waals surface area contributed by atoms with Crippen molar-refractivity contribution in [2.24, 2.45) is 0 Å². The first-order valence-corrected chi connectivity index (χ1v) is 16.0. The predicted octanol–water partition coefficient (Wildman–Crippen LogP) is 10.3. The second kappa shape index (κ2) is 14.8. The minimum Gasteiger partial charge on any atom is -0.481 e. The van der Waals surface area contributed by atoms with Crippen LogP contribution < -0.4 is 15.4 Å². The van der Waals surface area contributed by atoms with Gasteiger partial charge in [0.1, 0.15) is 11.5 Å². The van der Waals surface area contributed by atoms with Crippen molar-refractivity contribution >= 4 is 40.8 Å². The molecule has 0 aliphatic heterocycles. The molecule has 0 aliphatic carbocycles. The fraction of sp³-hybridized carbons (Fsp3) is 0.179. The number of carboxylic acid groups (broad SMARTS) is 1. The van der Waals surface area contributed by atoms with Crippen molar-refractivity contribution in [3.8, 4) is 22.6 Å². The van der Waals surface area contributed by atoms with Crippen LogP contribution in [0.2, 0.25) is 10.0 Å². The summed E-state index contributed by atoms with van der Waals surface area (Å²) in [6, 6.07) is 35.1. The van der Waals surface area contributed by atoms with Crippen LogP contribution in [-0.2, 0) is 16.8 Å². The average Bonchev–Trinajstić information content (AvgIpc) is 3.05. The summed E-state index contributed by atoms with van der Waals surface area (Å²) in [5, 5.41) is 16.8. The molecule has 240 valence electrons. The van der Waals surface area contributed by atoms with Gasteiger partial charge in [-0.25, -0.2) is 0 Å². The molecule has 1 unspecified atom stereocenters. The molecule has 1 atom stereocenters. The number of carboxylic acids is 1. The zero-order valence-electron chi connectivity index (χ0n) is 26.4. The molecule has 5 aromatic rings. The second-order valence-corrected chi connectivity index (χ2v) is 13.1. The van der Waals surface area contributed by atoms with E-state index in [9.17, 15) is 14.7 Å². The van der Waals surface area contributed by atoms with Gasteiger partial charge in [-0.15, -0.1) is 0 Å². The van der Waals surface area contributed by atoms with E-state index in [-0.39, 0.29) is 11.8 Å². The number of carbonyl (C=O) groups is 2. The molecule has 0 fully saturated rings. The predicted molar refractivity (Wildman–Crippen MR) is 190 cm³/mol. The van der Waals surface area contributed by atoms with Gasteiger partial charge < -0.3 is 20.5 Å². The van der Waals surface area contributed by atoms with Gasteiger partial charge >= 0.3 is 5.97 Å². The smallest absolute Gasteiger partial charge is 0.305 e. The third-order valence-corrected chi connectivity index (χ3v) is 8.51. The third kappa shape index (κ3) is 8.94. The molecule has 5 aromatic carbocycles. The number of aliphatic carboxylic acids is 1. The molecular formula is C39H36Cl2N2O4. The molecule has 1 amide bonds. The Morgan fingerprint density at radius 3 is 2.04 bits per heavy atom. The SMILES string of the molecule is CC(C)(C)c1ccc(CNc2ccc(Oc3ccc(Cl)c(Cl)c3)cc2C(=O)NC(CC(=O)O)c2ccc(-c3ccccc3)cc2)cc1. The fourth-order valence-corrected chi connectivity index (χ4v) is 5.41. The van der Waals surface area contributed by atoms with Gasteiger partial charge in [-0.05, 0) is 63.6 Å². The molecule has 0 saturated carbocycles. The first kappa shape index (κ1) is 33.6. The van der Waals surface area contributed by atoms with Crippen molar-refractivity contribution in [1.82, 2.24) is 5.32 Å². The van der Waals surface area contributed by atoms with E-state index in [2.05, 4.69) is 55.7 Å². The number of anilines is 1. The fourth-order valence-electron chi connectivity index (χ4n) is 5.13. The summed E-state index contributed by atoms with van der Waals surface area (Å²) in [7, 11) is 0. The number of hydrogen-bond donors (Lipinski definition) is 3. The molecule has 3 N–H and O–H groups in total. The Balaban J connectivity index is 1.42. The first-order valence-electron chi connectivity index (χ1n) is 15.2. The molecular weight excluding hydrogens is 631 g/mol. The van der Waals surface area contributed by atoms with Crippen LogP contribution in [-0.4, -0.2) is 17.0 Å². The third-order valence-electron chi connectivity index (χ3n) is 7.77. The molecule has 0 saturated heterocycles. The molecule has 6 nitrogen and oxygen atoms in total. The van der Waals surface area contributed by atoms with Gasteiger partial charge in [0.15, 0.2) is 0 Å². The van der Waals surface area contributed by atoms with Crippen molar-refractivity contribution in [3.63, 3.8) is 0 Å². The highest BCUT2D eigenvalue weighted by Gasteiger charge is 2.22. The first-order chi connectivity index (χ1) is 22.5. The highest BCUT2D eigenvalue weighted by molar-refractivity contribution is 6.42. The van der Waals surface area contributed by atoms with Gasteiger partial charge in [0.05, 0.1) is 28.1 Å². The molecule has 0 radical (unpaired) electrons. The van der Waals surface area contributed by atoms with Crippen molar-refractivity contribution in [3.05, 3.63) is 148 Å². The molecule has 8 heteroatoms. The largest absolute Gasteiger partial charge is 0.481 e. The summed E-state index contributed by atoms with van der Waals surface area (Å²) >= 11 is 12.3. The summed E-state index contributed by atoms with van der Waals surface area (Å²) < 4.78 is 6.03. The Hall–Kier alpha value is -4.78. The Morgan fingerprint density at radius 2 is 1.40 bits per heavy atom. The molecule has 0 spiro atoms. The average molecular weight is 668 g/mol. The lowest BCUT2D eigenvalue weighted by atomic mass is 9.87. The van der Waals surface area contributed by atoms with Crippen LogP contribution in [0.3, 0.4) is 0 Å². The number of ether oxygens (including phenoxy) is 1. The number of amides is 1. The van der Waals surface area contributed by atoms with Gasteiger partial charge in [0.25, 0.3) is 5.91 Å². The van der Waals surface area contributed by atoms with E-state index < -0.39 is 17.9 Å². The lowest BCUT2D eigenvalue weighted by Crippen LogP contribution is -2.30. The minimum absolute atomic E-state index is 0.0374. The summed E-state index contributed by atoms with van der Waals surface area (Å²) in [6.45, 7) is 6.98. The molecule has 0 aromatic heterocycles. The number of benzene rings is 5. The van der Waals surface area contributed by atoms with Crippen LogP contribution in [0.1, 0.15) is 60.3 Å². The Kier molecular flexibility index (Phi) is 10.5. The van der Waals surface area contributed by atoms with Gasteiger partial charge in [-0.3, -0.25) is 9.59 Å². The monoisotopic (exact) mass is 666 g/mol. The van der Waals surface area contributed by atoms with Crippen molar-refractivity contribution in [2.45, 2.75) is 45.2 Å². The summed E-state index contributed by atoms with van der Waals surface area (Å²) in [5.74, 6) is -0.631. The van der Waals surface area contributed by atoms with E-state index in [4.69, 9.17) is 27.9 Å². The van der Waals surface area contributed by atoms with Crippen molar-refractivity contribution < 1.29 is 19.4 Å². The van der Waals surface area contributed by atoms with Gasteiger partial charge in [-0.1, -0.05) is 123 Å². The Labute approximate surface area is 285 Å². The Bertz CT molecular complexity index is 1850. The van der Waals surface area contributed by atoms with Crippen LogP contribution in [0.5, 0.6) is 11.5 Å². The standard InChI is InChI=1S/C39H36Cl2N2O4/c1-39(2,3)29-15-9-25(10-16-29)24-42-35-20-18-30(47-31-17-19-33(40)34(41)22-31)21-32(35)38(46)43-36(23-37(44)45)28-13-11-27(12-14-28)26-7-5-4-6-8-26/h4-22,36,42H,23-24H2,1-3H3,(H,43,46)(H,44,45). The maximum atomic E-state index is 14.0. The lowest BCUT2D eigenvalue weighted by Gasteiger charge is -2.21. The number of nitrogens with one attached hydrogen (secondary N) is 2. The number of rotatable bonds is 11. The zero-order chi connectivity index (χ0) is 33.6. The maximum Gasteiger partial charge on any atom is 0.305 e. The number of carbonyl (C=O) groups excluding carboxylic acids is 1. The van der Waals surface area contributed by atoms with Crippen LogP contribution in [0.15, 0.2) is 115 Å². The topological polar surface area (TPSA) is 87.7 Å². The van der Waals surface area contributed by atoms with Crippen molar-refractivity contribution in [2.75, 3.05) is 5.32 Å². The van der Waals surface area contributed by atoms with E-state index >= 15 is 0 Å². The summed E-state index contributed by atoms with van der Waals surface area (Å²) in [5.41, 5.74) is 5.88. The molecule has 0 aliphatic rings.